The third kappa shape index (κ3) is 2.30. The van der Waals surface area contributed by atoms with Crippen LogP contribution in [0.5, 0.6) is 0 Å². The van der Waals surface area contributed by atoms with Crippen molar-refractivity contribution in [1.29, 1.82) is 0 Å². The second kappa shape index (κ2) is 4.83. The number of rotatable bonds is 1. The number of hydrogen-bond acceptors (Lipinski definition) is 2. The number of carbonyl (C=O) groups excluding carboxylic acids is 1. The number of amides is 1. The maximum Gasteiger partial charge on any atom is 0.289 e. The van der Waals surface area contributed by atoms with E-state index in [1.807, 2.05) is 4.90 Å². The number of fused-ring (bicyclic) bond motifs is 3. The largest absolute Gasteiger partial charge is 0.335 e. The Bertz CT molecular complexity index is 684. The molecule has 1 N–H and O–H groups in total. The van der Waals surface area contributed by atoms with Crippen LogP contribution in [0.15, 0.2) is 18.2 Å². The summed E-state index contributed by atoms with van der Waals surface area (Å²) in [4.78, 5) is 21.8. The van der Waals surface area contributed by atoms with Gasteiger partial charge in [0, 0.05) is 13.1 Å². The summed E-state index contributed by atoms with van der Waals surface area (Å²) in [6.45, 7) is 1.67. The number of nitrogens with one attached hydrogen (secondary N) is 1. The molecule has 2 bridgehead atoms. The summed E-state index contributed by atoms with van der Waals surface area (Å²) in [6.07, 6.45) is 5.01. The van der Waals surface area contributed by atoms with E-state index in [1.165, 1.54) is 37.8 Å². The molecular weight excluding hydrogens is 269 g/mol. The molecule has 5 heteroatoms. The highest BCUT2D eigenvalue weighted by Crippen LogP contribution is 2.34. The van der Waals surface area contributed by atoms with Crippen molar-refractivity contribution in [2.45, 2.75) is 25.7 Å². The molecule has 1 aromatic heterocycles. The first-order chi connectivity index (χ1) is 10.2. The van der Waals surface area contributed by atoms with E-state index in [1.54, 1.807) is 6.07 Å². The van der Waals surface area contributed by atoms with Gasteiger partial charge in [0.1, 0.15) is 5.82 Å². The molecule has 4 nitrogen and oxygen atoms in total. The molecule has 21 heavy (non-hydrogen) atoms. The summed E-state index contributed by atoms with van der Waals surface area (Å²) in [5.74, 6) is 1.24. The fraction of sp³-hybridized carbons (Fsp3) is 0.500. The molecule has 1 aliphatic heterocycles. The number of piperidine rings is 1. The van der Waals surface area contributed by atoms with E-state index in [-0.39, 0.29) is 11.7 Å². The lowest BCUT2D eigenvalue weighted by Crippen LogP contribution is -2.46. The first-order valence-corrected chi connectivity index (χ1v) is 7.63. The lowest BCUT2D eigenvalue weighted by Gasteiger charge is -2.41. The molecule has 2 heterocycles. The molecule has 2 fully saturated rings. The van der Waals surface area contributed by atoms with Crippen LogP contribution in [-0.2, 0) is 0 Å². The van der Waals surface area contributed by atoms with Crippen molar-refractivity contribution in [3.8, 4) is 0 Å². The Hall–Kier alpha value is -1.91. The third-order valence-corrected chi connectivity index (χ3v) is 4.78. The first kappa shape index (κ1) is 12.8. The van der Waals surface area contributed by atoms with Gasteiger partial charge in [-0.2, -0.15) is 0 Å². The zero-order valence-corrected chi connectivity index (χ0v) is 11.8. The van der Waals surface area contributed by atoms with Gasteiger partial charge in [-0.1, -0.05) is 6.42 Å². The van der Waals surface area contributed by atoms with E-state index in [0.29, 0.717) is 28.7 Å². The Morgan fingerprint density at radius 3 is 2.81 bits per heavy atom. The number of benzene rings is 1. The number of halogens is 1. The van der Waals surface area contributed by atoms with Gasteiger partial charge in [-0.05, 0) is 49.3 Å². The van der Waals surface area contributed by atoms with Gasteiger partial charge in [0.15, 0.2) is 5.82 Å². The molecule has 1 saturated heterocycles. The van der Waals surface area contributed by atoms with Crippen molar-refractivity contribution in [1.82, 2.24) is 14.9 Å². The van der Waals surface area contributed by atoms with Gasteiger partial charge in [0.2, 0.25) is 0 Å². The Morgan fingerprint density at radius 2 is 2.05 bits per heavy atom. The zero-order chi connectivity index (χ0) is 14.4. The maximum absolute atomic E-state index is 13.2. The monoisotopic (exact) mass is 287 g/mol. The number of hydrogen-bond donors (Lipinski definition) is 1. The van der Waals surface area contributed by atoms with Crippen molar-refractivity contribution in [3.05, 3.63) is 29.8 Å². The van der Waals surface area contributed by atoms with Gasteiger partial charge in [-0.25, -0.2) is 9.37 Å². The summed E-state index contributed by atoms with van der Waals surface area (Å²) in [5, 5.41) is 0. The number of nitrogens with zero attached hydrogens (tertiary/aromatic N) is 2. The van der Waals surface area contributed by atoms with Crippen molar-refractivity contribution >= 4 is 16.9 Å². The Balaban J connectivity index is 1.60. The van der Waals surface area contributed by atoms with Crippen LogP contribution in [0.1, 0.15) is 36.3 Å². The number of aromatic nitrogens is 2. The van der Waals surface area contributed by atoms with Gasteiger partial charge in [-0.15, -0.1) is 0 Å². The highest BCUT2D eigenvalue weighted by molar-refractivity contribution is 5.94. The van der Waals surface area contributed by atoms with Crippen LogP contribution in [0.2, 0.25) is 0 Å². The van der Waals surface area contributed by atoms with E-state index in [0.717, 1.165) is 13.1 Å². The van der Waals surface area contributed by atoms with Crippen LogP contribution >= 0.6 is 0 Å². The van der Waals surface area contributed by atoms with Crippen LogP contribution in [0.3, 0.4) is 0 Å². The van der Waals surface area contributed by atoms with Crippen molar-refractivity contribution in [3.63, 3.8) is 0 Å². The van der Waals surface area contributed by atoms with Crippen molar-refractivity contribution in [2.75, 3.05) is 13.1 Å². The maximum atomic E-state index is 13.2. The fourth-order valence-electron chi connectivity index (χ4n) is 3.83. The standard InChI is InChI=1S/C16H18FN3O/c17-12-4-5-13-14(7-12)19-15(18-13)16(21)20-8-10-2-1-3-11(6-10)9-20/h4-5,7,10-11H,1-3,6,8-9H2,(H,18,19)/t10-,11-/m0/s1. The SMILES string of the molecule is O=C(c1nc2ccc(F)cc2[nH]1)N1C[C@H]2CCC[C@@H](C2)C1. The number of likely N-dealkylation sites (tertiary alicyclic amines) is 1. The molecular formula is C16H18FN3O. The average Bonchev–Trinajstić information content (AvgIpc) is 2.89. The molecule has 0 spiro atoms. The summed E-state index contributed by atoms with van der Waals surface area (Å²) >= 11 is 0. The van der Waals surface area contributed by atoms with Crippen LogP contribution in [-0.4, -0.2) is 33.9 Å². The van der Waals surface area contributed by atoms with Gasteiger partial charge in [-0.3, -0.25) is 4.79 Å². The van der Waals surface area contributed by atoms with Crippen LogP contribution in [0.25, 0.3) is 11.0 Å². The highest BCUT2D eigenvalue weighted by atomic mass is 19.1. The molecule has 2 atom stereocenters. The van der Waals surface area contributed by atoms with Crippen LogP contribution in [0, 0.1) is 17.7 Å². The average molecular weight is 287 g/mol. The number of imidazole rings is 1. The lowest BCUT2D eigenvalue weighted by molar-refractivity contribution is 0.0494. The predicted molar refractivity (Wildman–Crippen MR) is 77.4 cm³/mol. The molecule has 0 unspecified atom stereocenters. The van der Waals surface area contributed by atoms with Crippen molar-refractivity contribution in [2.24, 2.45) is 11.8 Å². The fourth-order valence-corrected chi connectivity index (χ4v) is 3.83. The number of aromatic amines is 1. The van der Waals surface area contributed by atoms with Crippen molar-refractivity contribution < 1.29 is 9.18 Å². The minimum atomic E-state index is -0.322. The summed E-state index contributed by atoms with van der Waals surface area (Å²) in [5.41, 5.74) is 1.22. The number of H-pyrrole nitrogens is 1. The van der Waals surface area contributed by atoms with E-state index in [2.05, 4.69) is 9.97 Å². The Kier molecular flexibility index (Phi) is 2.94. The van der Waals surface area contributed by atoms with E-state index in [4.69, 9.17) is 0 Å². The highest BCUT2D eigenvalue weighted by Gasteiger charge is 2.33. The van der Waals surface area contributed by atoms with Gasteiger partial charge < -0.3 is 9.88 Å². The van der Waals surface area contributed by atoms with Gasteiger partial charge >= 0.3 is 0 Å². The second-order valence-corrected chi connectivity index (χ2v) is 6.36. The predicted octanol–water partition coefficient (Wildman–Crippen LogP) is 2.96. The topological polar surface area (TPSA) is 49.0 Å². The molecule has 1 aliphatic carbocycles. The van der Waals surface area contributed by atoms with Gasteiger partial charge in [0.25, 0.3) is 5.91 Å². The lowest BCUT2D eigenvalue weighted by atomic mass is 9.78. The molecule has 0 radical (unpaired) electrons. The second-order valence-electron chi connectivity index (χ2n) is 6.36. The number of carbonyl (C=O) groups is 1. The zero-order valence-electron chi connectivity index (χ0n) is 11.8. The minimum Gasteiger partial charge on any atom is -0.335 e. The molecule has 2 aliphatic rings. The molecule has 1 amide bonds. The normalized spacial score (nSPS) is 25.3. The van der Waals surface area contributed by atoms with E-state index >= 15 is 0 Å². The third-order valence-electron chi connectivity index (χ3n) is 4.78. The summed E-state index contributed by atoms with van der Waals surface area (Å²) < 4.78 is 13.2. The van der Waals surface area contributed by atoms with Crippen LogP contribution < -0.4 is 0 Å². The summed E-state index contributed by atoms with van der Waals surface area (Å²) in [7, 11) is 0. The molecule has 1 aromatic carbocycles. The molecule has 4 rings (SSSR count). The molecule has 110 valence electrons. The molecule has 1 saturated carbocycles. The Labute approximate surface area is 122 Å². The Morgan fingerprint density at radius 1 is 1.29 bits per heavy atom. The van der Waals surface area contributed by atoms with E-state index < -0.39 is 0 Å². The first-order valence-electron chi connectivity index (χ1n) is 7.63. The summed E-state index contributed by atoms with van der Waals surface area (Å²) in [6, 6.07) is 4.34. The van der Waals surface area contributed by atoms with E-state index in [9.17, 15) is 9.18 Å². The quantitative estimate of drug-likeness (QED) is 0.876. The minimum absolute atomic E-state index is 0.0526. The van der Waals surface area contributed by atoms with Gasteiger partial charge in [0.05, 0.1) is 11.0 Å². The smallest absolute Gasteiger partial charge is 0.289 e. The van der Waals surface area contributed by atoms with Crippen LogP contribution in [0.4, 0.5) is 4.39 Å². The molecule has 2 aromatic rings.